The maximum absolute atomic E-state index is 10.8. The molecule has 0 aliphatic heterocycles. The van der Waals surface area contributed by atoms with E-state index in [0.717, 1.165) is 5.56 Å². The summed E-state index contributed by atoms with van der Waals surface area (Å²) >= 11 is 0. The zero-order chi connectivity index (χ0) is 16.3. The largest absolute Gasteiger partial charge is 0.450 e. The Labute approximate surface area is 126 Å². The van der Waals surface area contributed by atoms with Crippen molar-refractivity contribution < 1.29 is 9.66 Å². The lowest BCUT2D eigenvalue weighted by Crippen LogP contribution is -1.93. The molecule has 0 atom stereocenters. The number of hydrogen-bond donors (Lipinski definition) is 0. The van der Waals surface area contributed by atoms with E-state index < -0.39 is 4.92 Å². The molecule has 2 rings (SSSR count). The summed E-state index contributed by atoms with van der Waals surface area (Å²) < 4.78 is 5.56. The van der Waals surface area contributed by atoms with Crippen LogP contribution in [0.3, 0.4) is 0 Å². The van der Waals surface area contributed by atoms with Gasteiger partial charge in [0.2, 0.25) is 5.75 Å². The first-order valence-corrected chi connectivity index (χ1v) is 7.15. The fraction of sp³-hybridized carbons (Fsp3) is 0.294. The minimum Gasteiger partial charge on any atom is -0.450 e. The lowest BCUT2D eigenvalue weighted by Gasteiger charge is -2.08. The van der Waals surface area contributed by atoms with Crippen molar-refractivity contribution in [1.82, 2.24) is 0 Å². The van der Waals surface area contributed by atoms with Gasteiger partial charge in [-0.05, 0) is 24.6 Å². The van der Waals surface area contributed by atoms with Gasteiger partial charge in [-0.2, -0.15) is 0 Å². The van der Waals surface area contributed by atoms with Gasteiger partial charge in [0.15, 0.2) is 0 Å². The van der Waals surface area contributed by atoms with E-state index in [0.29, 0.717) is 5.75 Å². The van der Waals surface area contributed by atoms with Crippen molar-refractivity contribution in [2.45, 2.75) is 34.6 Å². The van der Waals surface area contributed by atoms with Crippen LogP contribution in [-0.2, 0) is 0 Å². The fourth-order valence-electron chi connectivity index (χ4n) is 1.48. The topological polar surface area (TPSA) is 52.4 Å². The van der Waals surface area contributed by atoms with Gasteiger partial charge in [0.25, 0.3) is 0 Å². The molecule has 0 unspecified atom stereocenters. The molecular weight excluding hydrogens is 266 g/mol. The number of hydrogen-bond acceptors (Lipinski definition) is 3. The average molecular weight is 289 g/mol. The molecule has 0 aliphatic carbocycles. The highest BCUT2D eigenvalue weighted by molar-refractivity contribution is 5.49. The van der Waals surface area contributed by atoms with Gasteiger partial charge in [0.1, 0.15) is 5.75 Å². The summed E-state index contributed by atoms with van der Waals surface area (Å²) in [5, 5.41) is 10.8. The van der Waals surface area contributed by atoms with E-state index in [1.165, 1.54) is 6.07 Å². The summed E-state index contributed by atoms with van der Waals surface area (Å²) in [6.07, 6.45) is 0. The van der Waals surface area contributed by atoms with Crippen molar-refractivity contribution in [1.29, 1.82) is 0 Å². The number of nitro benzene ring substituents is 1. The third-order valence-corrected chi connectivity index (χ3v) is 2.38. The summed E-state index contributed by atoms with van der Waals surface area (Å²) in [5.74, 6) is 0.883. The molecular formula is C17H23NO3. The molecule has 0 bridgehead atoms. The molecule has 0 amide bonds. The quantitative estimate of drug-likeness (QED) is 0.534. The van der Waals surface area contributed by atoms with Gasteiger partial charge >= 0.3 is 5.69 Å². The Morgan fingerprint density at radius 3 is 1.86 bits per heavy atom. The van der Waals surface area contributed by atoms with Crippen LogP contribution in [0.1, 0.15) is 33.3 Å². The molecule has 0 saturated heterocycles. The van der Waals surface area contributed by atoms with E-state index in [9.17, 15) is 10.1 Å². The second kappa shape index (κ2) is 10.4. The van der Waals surface area contributed by atoms with E-state index in [1.807, 2.05) is 52.8 Å². The molecule has 0 spiro atoms. The van der Waals surface area contributed by atoms with Crippen LogP contribution in [0.5, 0.6) is 11.5 Å². The molecule has 4 nitrogen and oxygen atoms in total. The Kier molecular flexibility index (Phi) is 9.26. The Morgan fingerprint density at radius 2 is 1.33 bits per heavy atom. The first-order chi connectivity index (χ1) is 10.2. The normalized spacial score (nSPS) is 8.62. The van der Waals surface area contributed by atoms with Gasteiger partial charge in [-0.1, -0.05) is 58.0 Å². The van der Waals surface area contributed by atoms with Crippen molar-refractivity contribution in [2.75, 3.05) is 0 Å². The summed E-state index contributed by atoms with van der Waals surface area (Å²) in [4.78, 5) is 10.4. The van der Waals surface area contributed by atoms with Gasteiger partial charge in [0.05, 0.1) is 4.92 Å². The van der Waals surface area contributed by atoms with Crippen LogP contribution < -0.4 is 4.74 Å². The second-order valence-electron chi connectivity index (χ2n) is 3.59. The predicted octanol–water partition coefficient (Wildman–Crippen LogP) is 5.75. The monoisotopic (exact) mass is 289 g/mol. The SMILES string of the molecule is CC.CC.Cc1ccccc1Oc1ccccc1[N+](=O)[O-]. The van der Waals surface area contributed by atoms with Gasteiger partial charge in [-0.15, -0.1) is 0 Å². The van der Waals surface area contributed by atoms with Crippen LogP contribution in [0.2, 0.25) is 0 Å². The van der Waals surface area contributed by atoms with Crippen LogP contribution >= 0.6 is 0 Å². The summed E-state index contributed by atoms with van der Waals surface area (Å²) in [7, 11) is 0. The Hall–Kier alpha value is -2.36. The first-order valence-electron chi connectivity index (χ1n) is 7.15. The minimum atomic E-state index is -0.451. The first kappa shape index (κ1) is 18.6. The van der Waals surface area contributed by atoms with Crippen molar-refractivity contribution >= 4 is 5.69 Å². The smallest absolute Gasteiger partial charge is 0.311 e. The molecule has 21 heavy (non-hydrogen) atoms. The Morgan fingerprint density at radius 1 is 0.857 bits per heavy atom. The summed E-state index contributed by atoms with van der Waals surface area (Å²) in [6.45, 7) is 9.89. The molecule has 0 aliphatic rings. The van der Waals surface area contributed by atoms with Crippen LogP contribution in [0.15, 0.2) is 48.5 Å². The third kappa shape index (κ3) is 5.65. The lowest BCUT2D eigenvalue weighted by atomic mass is 10.2. The van der Waals surface area contributed by atoms with Crippen LogP contribution in [0, 0.1) is 17.0 Å². The van der Waals surface area contributed by atoms with Crippen molar-refractivity contribution in [2.24, 2.45) is 0 Å². The van der Waals surface area contributed by atoms with E-state index in [-0.39, 0.29) is 11.4 Å². The van der Waals surface area contributed by atoms with E-state index in [1.54, 1.807) is 24.3 Å². The number of nitro groups is 1. The molecule has 0 radical (unpaired) electrons. The molecule has 0 saturated carbocycles. The maximum atomic E-state index is 10.8. The predicted molar refractivity (Wildman–Crippen MR) is 87.0 cm³/mol. The zero-order valence-electron chi connectivity index (χ0n) is 13.3. The molecule has 4 heteroatoms. The molecule has 0 fully saturated rings. The molecule has 0 heterocycles. The number of ether oxygens (including phenoxy) is 1. The summed E-state index contributed by atoms with van der Waals surface area (Å²) in [6, 6.07) is 13.7. The molecule has 114 valence electrons. The van der Waals surface area contributed by atoms with Crippen LogP contribution in [-0.4, -0.2) is 4.92 Å². The van der Waals surface area contributed by atoms with Crippen LogP contribution in [0.4, 0.5) is 5.69 Å². The molecule has 2 aromatic carbocycles. The lowest BCUT2D eigenvalue weighted by molar-refractivity contribution is -0.385. The highest BCUT2D eigenvalue weighted by atomic mass is 16.6. The fourth-order valence-corrected chi connectivity index (χ4v) is 1.48. The van der Waals surface area contributed by atoms with Gasteiger partial charge in [-0.25, -0.2) is 0 Å². The van der Waals surface area contributed by atoms with Crippen LogP contribution in [0.25, 0.3) is 0 Å². The van der Waals surface area contributed by atoms with Crippen molar-refractivity contribution in [3.63, 3.8) is 0 Å². The molecule has 2 aromatic rings. The van der Waals surface area contributed by atoms with Crippen molar-refractivity contribution in [3.05, 3.63) is 64.2 Å². The Bertz CT molecular complexity index is 553. The molecule has 0 N–H and O–H groups in total. The van der Waals surface area contributed by atoms with E-state index in [4.69, 9.17) is 4.74 Å². The number of rotatable bonds is 3. The average Bonchev–Trinajstić information content (AvgIpc) is 2.54. The highest BCUT2D eigenvalue weighted by Crippen LogP contribution is 2.31. The highest BCUT2D eigenvalue weighted by Gasteiger charge is 2.14. The van der Waals surface area contributed by atoms with Crippen molar-refractivity contribution in [3.8, 4) is 11.5 Å². The maximum Gasteiger partial charge on any atom is 0.311 e. The number of aryl methyl sites for hydroxylation is 1. The van der Waals surface area contributed by atoms with Gasteiger partial charge < -0.3 is 4.74 Å². The minimum absolute atomic E-state index is 0.0317. The summed E-state index contributed by atoms with van der Waals surface area (Å²) in [5.41, 5.74) is 0.904. The van der Waals surface area contributed by atoms with E-state index in [2.05, 4.69) is 0 Å². The second-order valence-corrected chi connectivity index (χ2v) is 3.59. The third-order valence-electron chi connectivity index (χ3n) is 2.38. The van der Waals surface area contributed by atoms with Gasteiger partial charge in [0, 0.05) is 6.07 Å². The number of benzene rings is 2. The molecule has 0 aromatic heterocycles. The van der Waals surface area contributed by atoms with Gasteiger partial charge in [-0.3, -0.25) is 10.1 Å². The number of para-hydroxylation sites is 3. The standard InChI is InChI=1S/C13H11NO3.2C2H6/c1-10-6-2-4-8-12(10)17-13-9-5-3-7-11(13)14(15)16;2*1-2/h2-9H,1H3;2*1-2H3. The number of nitrogens with zero attached hydrogens (tertiary/aromatic N) is 1. The van der Waals surface area contributed by atoms with E-state index >= 15 is 0 Å². The Balaban J connectivity index is 0.000000921. The zero-order valence-corrected chi connectivity index (χ0v) is 13.3.